The molecule has 41 heavy (non-hydrogen) atoms. The highest BCUT2D eigenvalue weighted by Gasteiger charge is 2.32. The number of aliphatic hydroxyl groups is 2. The first kappa shape index (κ1) is 27.3. The van der Waals surface area contributed by atoms with Crippen molar-refractivity contribution in [1.29, 1.82) is 0 Å². The summed E-state index contributed by atoms with van der Waals surface area (Å²) in [5.74, 6) is 0.109. The van der Waals surface area contributed by atoms with Crippen molar-refractivity contribution >= 4 is 28.9 Å². The third-order valence-electron chi connectivity index (χ3n) is 8.40. The number of para-hydroxylation sites is 1. The van der Waals surface area contributed by atoms with E-state index in [0.29, 0.717) is 30.0 Å². The molecule has 2 amide bonds. The molecule has 2 aromatic carbocycles. The van der Waals surface area contributed by atoms with Crippen molar-refractivity contribution in [2.24, 2.45) is 0 Å². The predicted molar refractivity (Wildman–Crippen MR) is 156 cm³/mol. The molecule has 3 atom stereocenters. The summed E-state index contributed by atoms with van der Waals surface area (Å²) in [6.45, 7) is 5.23. The molecule has 10 heteroatoms. The quantitative estimate of drug-likeness (QED) is 0.346. The van der Waals surface area contributed by atoms with E-state index in [0.717, 1.165) is 51.1 Å². The van der Waals surface area contributed by atoms with Crippen LogP contribution in [0.2, 0.25) is 0 Å². The van der Waals surface area contributed by atoms with E-state index in [1.54, 1.807) is 12.1 Å². The minimum Gasteiger partial charge on any atom is -0.448 e. The number of aryl methyl sites for hydroxylation is 1. The molecule has 3 aromatic rings. The molecule has 0 spiro atoms. The van der Waals surface area contributed by atoms with Gasteiger partial charge in [0.15, 0.2) is 11.6 Å². The Morgan fingerprint density at radius 1 is 0.927 bits per heavy atom. The number of carbonyl (C=O) groups excluding carboxylic acids is 2. The maximum Gasteiger partial charge on any atom is 0.277 e. The van der Waals surface area contributed by atoms with Gasteiger partial charge >= 0.3 is 0 Å². The van der Waals surface area contributed by atoms with Gasteiger partial charge < -0.3 is 35.1 Å². The molecule has 2 heterocycles. The van der Waals surface area contributed by atoms with E-state index in [1.807, 2.05) is 12.1 Å². The second-order valence-corrected chi connectivity index (χ2v) is 11.4. The van der Waals surface area contributed by atoms with E-state index in [2.05, 4.69) is 50.5 Å². The van der Waals surface area contributed by atoms with E-state index < -0.39 is 24.2 Å². The summed E-state index contributed by atoms with van der Waals surface area (Å²) in [4.78, 5) is 35.4. The largest absolute Gasteiger partial charge is 0.448 e. The van der Waals surface area contributed by atoms with Crippen LogP contribution in [0.5, 0.6) is 0 Å². The zero-order valence-corrected chi connectivity index (χ0v) is 23.3. The first-order valence-corrected chi connectivity index (χ1v) is 14.5. The third-order valence-corrected chi connectivity index (χ3v) is 8.40. The number of amides is 2. The first-order valence-electron chi connectivity index (χ1n) is 14.5. The lowest BCUT2D eigenvalue weighted by atomic mass is 9.90. The van der Waals surface area contributed by atoms with Crippen LogP contribution in [0.25, 0.3) is 0 Å². The normalized spacial score (nSPS) is 22.9. The Labute approximate surface area is 239 Å². The Hall–Kier alpha value is -3.89. The molecule has 1 saturated heterocycles. The van der Waals surface area contributed by atoms with Gasteiger partial charge in [-0.15, -0.1) is 0 Å². The smallest absolute Gasteiger partial charge is 0.277 e. The Bertz CT molecular complexity index is 1410. The molecule has 2 aliphatic carbocycles. The SMILES string of the molecule is Cc1ccccc1N1CCN(c2ccc(C(=O)N[C@H]3CCC[C@H](O)[C@@H]3O)cc2NC(=O)c2coc(C3CC3)n2)CC1. The van der Waals surface area contributed by atoms with Gasteiger partial charge in [-0.05, 0) is 68.9 Å². The second kappa shape index (κ2) is 11.5. The van der Waals surface area contributed by atoms with Crippen LogP contribution in [-0.2, 0) is 0 Å². The molecular weight excluding hydrogens is 522 g/mol. The van der Waals surface area contributed by atoms with E-state index >= 15 is 0 Å². The summed E-state index contributed by atoms with van der Waals surface area (Å²) < 4.78 is 5.53. The number of hydrogen-bond donors (Lipinski definition) is 4. The zero-order valence-electron chi connectivity index (χ0n) is 23.3. The summed E-state index contributed by atoms with van der Waals surface area (Å²) >= 11 is 0. The van der Waals surface area contributed by atoms with Crippen LogP contribution in [0, 0.1) is 6.92 Å². The van der Waals surface area contributed by atoms with Crippen molar-refractivity contribution in [2.45, 2.75) is 63.2 Å². The monoisotopic (exact) mass is 559 g/mol. The highest BCUT2D eigenvalue weighted by molar-refractivity contribution is 6.06. The molecule has 216 valence electrons. The van der Waals surface area contributed by atoms with E-state index in [4.69, 9.17) is 4.42 Å². The molecule has 0 bridgehead atoms. The Morgan fingerprint density at radius 3 is 2.39 bits per heavy atom. The van der Waals surface area contributed by atoms with Gasteiger partial charge in [-0.3, -0.25) is 9.59 Å². The summed E-state index contributed by atoms with van der Waals surface area (Å²) in [5, 5.41) is 26.3. The van der Waals surface area contributed by atoms with Crippen molar-refractivity contribution < 1.29 is 24.2 Å². The third kappa shape index (κ3) is 5.94. The topological polar surface area (TPSA) is 131 Å². The predicted octanol–water partition coefficient (Wildman–Crippen LogP) is 3.44. The fraction of sp³-hybridized carbons (Fsp3) is 0.452. The van der Waals surface area contributed by atoms with Gasteiger partial charge in [-0.2, -0.15) is 0 Å². The fourth-order valence-electron chi connectivity index (χ4n) is 5.82. The van der Waals surface area contributed by atoms with Gasteiger partial charge in [-0.25, -0.2) is 4.98 Å². The van der Waals surface area contributed by atoms with Crippen molar-refractivity contribution in [2.75, 3.05) is 41.3 Å². The molecule has 0 radical (unpaired) electrons. The van der Waals surface area contributed by atoms with Crippen LogP contribution in [0.1, 0.15) is 70.3 Å². The molecule has 3 fully saturated rings. The number of benzene rings is 2. The summed E-state index contributed by atoms with van der Waals surface area (Å²) in [5.41, 5.74) is 4.34. The molecule has 3 aliphatic rings. The minimum absolute atomic E-state index is 0.205. The van der Waals surface area contributed by atoms with E-state index in [9.17, 15) is 19.8 Å². The average Bonchev–Trinajstić information content (AvgIpc) is 3.71. The number of hydrogen-bond acceptors (Lipinski definition) is 8. The standard InChI is InChI=1S/C31H37N5O5/c1-19-5-2-3-7-25(19)35-13-15-36(16-14-35)26-12-11-21(29(39)32-22-6-4-8-27(37)28(22)38)17-23(26)33-30(40)24-18-41-31(34-24)20-9-10-20/h2-3,5,7,11-12,17-18,20,22,27-28,37-38H,4,6,8-10,13-16H2,1H3,(H,32,39)(H,33,40)/t22-,27-,28+/m0/s1. The van der Waals surface area contributed by atoms with Gasteiger partial charge in [0.2, 0.25) is 0 Å². The Kier molecular flexibility index (Phi) is 7.68. The summed E-state index contributed by atoms with van der Waals surface area (Å²) in [6.07, 6.45) is 3.38. The number of anilines is 3. The summed E-state index contributed by atoms with van der Waals surface area (Å²) in [6, 6.07) is 13.1. The number of piperazine rings is 1. The Balaban J connectivity index is 1.22. The molecule has 0 unspecified atom stereocenters. The van der Waals surface area contributed by atoms with Crippen LogP contribution < -0.4 is 20.4 Å². The van der Waals surface area contributed by atoms with Crippen molar-refractivity contribution in [3.8, 4) is 0 Å². The number of oxazole rings is 1. The Morgan fingerprint density at radius 2 is 1.66 bits per heavy atom. The zero-order chi connectivity index (χ0) is 28.5. The van der Waals surface area contributed by atoms with Crippen molar-refractivity contribution in [3.05, 3.63) is 71.4 Å². The molecule has 6 rings (SSSR count). The highest BCUT2D eigenvalue weighted by atomic mass is 16.3. The number of nitrogens with one attached hydrogen (secondary N) is 2. The molecule has 10 nitrogen and oxygen atoms in total. The molecule has 1 aliphatic heterocycles. The van der Waals surface area contributed by atoms with Crippen LogP contribution in [0.4, 0.5) is 17.1 Å². The van der Waals surface area contributed by atoms with Gasteiger partial charge in [0.05, 0.1) is 29.6 Å². The maximum absolute atomic E-state index is 13.2. The molecule has 4 N–H and O–H groups in total. The van der Waals surface area contributed by atoms with Gasteiger partial charge in [-0.1, -0.05) is 18.2 Å². The van der Waals surface area contributed by atoms with Gasteiger partial charge in [0.1, 0.15) is 6.26 Å². The number of aliphatic hydroxyl groups excluding tert-OH is 2. The van der Waals surface area contributed by atoms with Crippen molar-refractivity contribution in [3.63, 3.8) is 0 Å². The van der Waals surface area contributed by atoms with Crippen molar-refractivity contribution in [1.82, 2.24) is 10.3 Å². The van der Waals surface area contributed by atoms with Gasteiger partial charge in [0, 0.05) is 43.3 Å². The average molecular weight is 560 g/mol. The lowest BCUT2D eigenvalue weighted by Crippen LogP contribution is -2.51. The van der Waals surface area contributed by atoms with Crippen LogP contribution in [-0.4, -0.2) is 71.4 Å². The highest BCUT2D eigenvalue weighted by Crippen LogP contribution is 2.39. The number of nitrogens with zero attached hydrogens (tertiary/aromatic N) is 3. The summed E-state index contributed by atoms with van der Waals surface area (Å²) in [7, 11) is 0. The number of carbonyl (C=O) groups is 2. The van der Waals surface area contributed by atoms with Crippen LogP contribution in [0.3, 0.4) is 0 Å². The second-order valence-electron chi connectivity index (χ2n) is 11.4. The lowest BCUT2D eigenvalue weighted by molar-refractivity contribution is -0.0278. The van der Waals surface area contributed by atoms with E-state index in [1.165, 1.54) is 17.5 Å². The fourth-order valence-corrected chi connectivity index (χ4v) is 5.82. The first-order chi connectivity index (χ1) is 19.9. The minimum atomic E-state index is -1.01. The maximum atomic E-state index is 13.2. The number of aromatic nitrogens is 1. The molecule has 2 saturated carbocycles. The van der Waals surface area contributed by atoms with Crippen LogP contribution in [0.15, 0.2) is 53.1 Å². The molecule has 1 aromatic heterocycles. The molecular formula is C31H37N5O5. The van der Waals surface area contributed by atoms with Gasteiger partial charge in [0.25, 0.3) is 11.8 Å². The lowest BCUT2D eigenvalue weighted by Gasteiger charge is -2.38. The number of rotatable bonds is 7. The van der Waals surface area contributed by atoms with Crippen LogP contribution >= 0.6 is 0 Å². The van der Waals surface area contributed by atoms with E-state index in [-0.39, 0.29) is 17.5 Å².